The third-order valence-corrected chi connectivity index (χ3v) is 5.09. The fourth-order valence-electron chi connectivity index (χ4n) is 2.82. The molecule has 0 atom stereocenters. The zero-order chi connectivity index (χ0) is 14.1. The molecule has 1 aromatic carbocycles. The Morgan fingerprint density at radius 3 is 2.53 bits per heavy atom. The number of methoxy groups -OCH3 is 1. The second kappa shape index (κ2) is 5.43. The fraction of sp³-hybridized carbons (Fsp3) is 0.600. The van der Waals surface area contributed by atoms with E-state index in [0.29, 0.717) is 6.54 Å². The summed E-state index contributed by atoms with van der Waals surface area (Å²) in [5.41, 5.74) is 7.25. The lowest BCUT2D eigenvalue weighted by Crippen LogP contribution is -2.57. The van der Waals surface area contributed by atoms with E-state index >= 15 is 0 Å². The Hall–Kier alpha value is -0.580. The number of halogens is 1. The molecule has 106 valence electrons. The van der Waals surface area contributed by atoms with Crippen molar-refractivity contribution < 1.29 is 9.47 Å². The van der Waals surface area contributed by atoms with E-state index in [2.05, 4.69) is 41.9 Å². The van der Waals surface area contributed by atoms with E-state index in [1.807, 2.05) is 6.07 Å². The predicted molar refractivity (Wildman–Crippen MR) is 80.6 cm³/mol. The monoisotopic (exact) mass is 327 g/mol. The van der Waals surface area contributed by atoms with Gasteiger partial charge in [-0.3, -0.25) is 0 Å². The van der Waals surface area contributed by atoms with Crippen LogP contribution < -0.4 is 10.5 Å². The molecule has 1 aliphatic rings. The normalized spacial score (nSPS) is 17.9. The number of hydrogen-bond donors (Lipinski definition) is 1. The molecule has 3 nitrogen and oxygen atoms in total. The van der Waals surface area contributed by atoms with Crippen molar-refractivity contribution in [3.63, 3.8) is 0 Å². The van der Waals surface area contributed by atoms with E-state index in [4.69, 9.17) is 15.2 Å². The summed E-state index contributed by atoms with van der Waals surface area (Å²) in [6.07, 6.45) is 0.986. The van der Waals surface area contributed by atoms with Crippen molar-refractivity contribution in [2.45, 2.75) is 25.7 Å². The van der Waals surface area contributed by atoms with Crippen molar-refractivity contribution in [1.82, 2.24) is 0 Å². The second-order valence-electron chi connectivity index (χ2n) is 5.85. The molecule has 1 saturated heterocycles. The average molecular weight is 328 g/mol. The smallest absolute Gasteiger partial charge is 0.133 e. The first-order valence-electron chi connectivity index (χ1n) is 6.59. The standard InChI is InChI=1S/C15H22BrNO2/c1-14(2,6-7-17)15(9-19-10-15)11-4-5-13(18-3)12(16)8-11/h4-5,8H,6-7,9-10,17H2,1-3H3. The van der Waals surface area contributed by atoms with Crippen LogP contribution in [0.5, 0.6) is 5.75 Å². The average Bonchev–Trinajstić information content (AvgIpc) is 2.27. The number of nitrogens with two attached hydrogens (primary N) is 1. The van der Waals surface area contributed by atoms with Crippen molar-refractivity contribution in [3.05, 3.63) is 28.2 Å². The summed E-state index contributed by atoms with van der Waals surface area (Å²) in [5, 5.41) is 0. The van der Waals surface area contributed by atoms with E-state index < -0.39 is 0 Å². The number of ether oxygens (including phenoxy) is 2. The molecule has 0 radical (unpaired) electrons. The van der Waals surface area contributed by atoms with Gasteiger partial charge in [-0.25, -0.2) is 0 Å². The topological polar surface area (TPSA) is 44.5 Å². The van der Waals surface area contributed by atoms with Gasteiger partial charge in [-0.2, -0.15) is 0 Å². The SMILES string of the molecule is COc1ccc(C2(C(C)(C)CCN)COC2)cc1Br. The van der Waals surface area contributed by atoms with Gasteiger partial charge in [0.2, 0.25) is 0 Å². The molecular formula is C15H22BrNO2. The Morgan fingerprint density at radius 1 is 1.42 bits per heavy atom. The minimum Gasteiger partial charge on any atom is -0.496 e. The Morgan fingerprint density at radius 2 is 2.11 bits per heavy atom. The van der Waals surface area contributed by atoms with Crippen molar-refractivity contribution >= 4 is 15.9 Å². The van der Waals surface area contributed by atoms with E-state index in [9.17, 15) is 0 Å². The van der Waals surface area contributed by atoms with Crippen molar-refractivity contribution in [2.75, 3.05) is 26.9 Å². The molecule has 1 fully saturated rings. The van der Waals surface area contributed by atoms with Gasteiger partial charge >= 0.3 is 0 Å². The predicted octanol–water partition coefficient (Wildman–Crippen LogP) is 3.10. The molecule has 1 aliphatic heterocycles. The molecular weight excluding hydrogens is 306 g/mol. The van der Waals surface area contributed by atoms with Crippen LogP contribution in [-0.4, -0.2) is 26.9 Å². The summed E-state index contributed by atoms with van der Waals surface area (Å²) >= 11 is 3.57. The minimum absolute atomic E-state index is 0.0567. The number of benzene rings is 1. The minimum atomic E-state index is 0.0567. The fourth-order valence-corrected chi connectivity index (χ4v) is 3.36. The third kappa shape index (κ3) is 2.41. The van der Waals surface area contributed by atoms with Gasteiger partial charge in [-0.05, 0) is 52.0 Å². The van der Waals surface area contributed by atoms with Crippen LogP contribution in [0.2, 0.25) is 0 Å². The van der Waals surface area contributed by atoms with Crippen LogP contribution in [0, 0.1) is 5.41 Å². The highest BCUT2D eigenvalue weighted by Gasteiger charge is 2.51. The highest BCUT2D eigenvalue weighted by Crippen LogP contribution is 2.50. The van der Waals surface area contributed by atoms with Gasteiger partial charge in [-0.15, -0.1) is 0 Å². The molecule has 19 heavy (non-hydrogen) atoms. The molecule has 0 amide bonds. The quantitative estimate of drug-likeness (QED) is 0.903. The molecule has 0 aromatic heterocycles. The Labute approximate surface area is 123 Å². The van der Waals surface area contributed by atoms with Gasteiger partial charge in [-0.1, -0.05) is 19.9 Å². The van der Waals surface area contributed by atoms with Crippen LogP contribution in [0.15, 0.2) is 22.7 Å². The van der Waals surface area contributed by atoms with Gasteiger partial charge in [0.1, 0.15) is 5.75 Å². The van der Waals surface area contributed by atoms with Crippen LogP contribution in [0.1, 0.15) is 25.8 Å². The van der Waals surface area contributed by atoms with Crippen molar-refractivity contribution in [2.24, 2.45) is 11.1 Å². The summed E-state index contributed by atoms with van der Waals surface area (Å²) in [6, 6.07) is 6.31. The van der Waals surface area contributed by atoms with Gasteiger partial charge < -0.3 is 15.2 Å². The maximum atomic E-state index is 5.77. The van der Waals surface area contributed by atoms with Gasteiger partial charge in [0.05, 0.1) is 24.8 Å². The summed E-state index contributed by atoms with van der Waals surface area (Å²) < 4.78 is 11.8. The summed E-state index contributed by atoms with van der Waals surface area (Å²) in [4.78, 5) is 0. The number of hydrogen-bond acceptors (Lipinski definition) is 3. The molecule has 1 aromatic rings. The first-order valence-corrected chi connectivity index (χ1v) is 7.38. The van der Waals surface area contributed by atoms with Crippen LogP contribution >= 0.6 is 15.9 Å². The van der Waals surface area contributed by atoms with Crippen LogP contribution in [0.4, 0.5) is 0 Å². The van der Waals surface area contributed by atoms with Gasteiger partial charge in [0.25, 0.3) is 0 Å². The molecule has 0 saturated carbocycles. The zero-order valence-corrected chi connectivity index (χ0v) is 13.4. The zero-order valence-electron chi connectivity index (χ0n) is 11.8. The molecule has 0 unspecified atom stereocenters. The summed E-state index contributed by atoms with van der Waals surface area (Å²) in [5.74, 6) is 0.857. The Kier molecular flexibility index (Phi) is 4.23. The van der Waals surface area contributed by atoms with E-state index in [1.54, 1.807) is 7.11 Å². The van der Waals surface area contributed by atoms with Crippen LogP contribution in [0.3, 0.4) is 0 Å². The molecule has 1 heterocycles. The molecule has 0 spiro atoms. The molecule has 0 aliphatic carbocycles. The first-order chi connectivity index (χ1) is 8.97. The Bertz CT molecular complexity index is 455. The van der Waals surface area contributed by atoms with Crippen LogP contribution in [0.25, 0.3) is 0 Å². The van der Waals surface area contributed by atoms with E-state index in [0.717, 1.165) is 29.9 Å². The lowest BCUT2D eigenvalue weighted by molar-refractivity contribution is -0.121. The lowest BCUT2D eigenvalue weighted by atomic mass is 9.59. The highest BCUT2D eigenvalue weighted by molar-refractivity contribution is 9.10. The van der Waals surface area contributed by atoms with E-state index in [-0.39, 0.29) is 10.8 Å². The maximum absolute atomic E-state index is 5.77. The maximum Gasteiger partial charge on any atom is 0.133 e. The lowest BCUT2D eigenvalue weighted by Gasteiger charge is -2.53. The Balaban J connectivity index is 2.39. The number of rotatable bonds is 5. The molecule has 2 rings (SSSR count). The molecule has 4 heteroatoms. The van der Waals surface area contributed by atoms with E-state index in [1.165, 1.54) is 5.56 Å². The molecule has 0 bridgehead atoms. The molecule has 2 N–H and O–H groups in total. The van der Waals surface area contributed by atoms with Crippen molar-refractivity contribution in [1.29, 1.82) is 0 Å². The summed E-state index contributed by atoms with van der Waals surface area (Å²) in [7, 11) is 1.68. The van der Waals surface area contributed by atoms with Gasteiger partial charge in [0.15, 0.2) is 0 Å². The van der Waals surface area contributed by atoms with Gasteiger partial charge in [0, 0.05) is 5.41 Å². The summed E-state index contributed by atoms with van der Waals surface area (Å²) in [6.45, 7) is 6.78. The third-order valence-electron chi connectivity index (χ3n) is 4.47. The van der Waals surface area contributed by atoms with Crippen LogP contribution in [-0.2, 0) is 10.2 Å². The second-order valence-corrected chi connectivity index (χ2v) is 6.70. The van der Waals surface area contributed by atoms with Crippen molar-refractivity contribution in [3.8, 4) is 5.75 Å². The first kappa shape index (κ1) is 14.8. The largest absolute Gasteiger partial charge is 0.496 e. The highest BCUT2D eigenvalue weighted by atomic mass is 79.9.